The van der Waals surface area contributed by atoms with Crippen molar-refractivity contribution in [2.24, 2.45) is 0 Å². The second-order valence-electron chi connectivity index (χ2n) is 5.76. The molecular weight excluding hydrogens is 387 g/mol. The third-order valence-electron chi connectivity index (χ3n) is 4.12. The molecule has 1 saturated heterocycles. The summed E-state index contributed by atoms with van der Waals surface area (Å²) in [5.74, 6) is 0.254. The summed E-state index contributed by atoms with van der Waals surface area (Å²) in [5.41, 5.74) is 2.60. The number of aryl methyl sites for hydroxylation is 1. The van der Waals surface area contributed by atoms with E-state index < -0.39 is 0 Å². The van der Waals surface area contributed by atoms with E-state index in [0.29, 0.717) is 14.2 Å². The lowest BCUT2D eigenvalue weighted by molar-refractivity contribution is 0.0945. The summed E-state index contributed by atoms with van der Waals surface area (Å²) >= 11 is 14.6. The summed E-state index contributed by atoms with van der Waals surface area (Å²) < 4.78 is 8.86. The lowest BCUT2D eigenvalue weighted by Gasteiger charge is -2.14. The van der Waals surface area contributed by atoms with Crippen molar-refractivity contribution in [3.8, 4) is 0 Å². The van der Waals surface area contributed by atoms with Crippen LogP contribution in [0.2, 0.25) is 8.67 Å². The highest BCUT2D eigenvalue weighted by molar-refractivity contribution is 7.99. The third-order valence-corrected chi connectivity index (χ3v) is 6.59. The second-order valence-corrected chi connectivity index (χ2v) is 8.99. The number of hydrogen-bond donors (Lipinski definition) is 0. The van der Waals surface area contributed by atoms with Crippen molar-refractivity contribution in [1.29, 1.82) is 0 Å². The van der Waals surface area contributed by atoms with Crippen LogP contribution in [-0.2, 0) is 11.3 Å². The number of halogens is 2. The summed E-state index contributed by atoms with van der Waals surface area (Å²) in [5, 5.41) is 0.853. The maximum absolute atomic E-state index is 12.4. The highest BCUT2D eigenvalue weighted by Gasteiger charge is 2.21. The number of thiophene rings is 1. The quantitative estimate of drug-likeness (QED) is 0.500. The Labute approximate surface area is 159 Å². The van der Waals surface area contributed by atoms with Crippen molar-refractivity contribution >= 4 is 52.1 Å². The summed E-state index contributed by atoms with van der Waals surface area (Å²) in [6.07, 6.45) is 2.41. The fraction of sp³-hybridized carbons (Fsp3) is 0.500. The lowest BCUT2D eigenvalue weighted by atomic mass is 10.2. The number of nitrogens with zero attached hydrogens (tertiary/aromatic N) is 2. The molecule has 2 aromatic rings. The van der Waals surface area contributed by atoms with Gasteiger partial charge in [0.15, 0.2) is 10.9 Å². The molecule has 130 valence electrons. The van der Waals surface area contributed by atoms with Crippen LogP contribution in [0.4, 0.5) is 0 Å². The molecule has 24 heavy (non-hydrogen) atoms. The number of rotatable bonds is 6. The van der Waals surface area contributed by atoms with Gasteiger partial charge in [-0.3, -0.25) is 4.79 Å². The van der Waals surface area contributed by atoms with Crippen LogP contribution in [0.3, 0.4) is 0 Å². The maximum atomic E-state index is 12.4. The zero-order valence-corrected chi connectivity index (χ0v) is 16.6. The molecule has 0 amide bonds. The van der Waals surface area contributed by atoms with Gasteiger partial charge in [-0.05, 0) is 32.8 Å². The molecule has 0 radical (unpaired) electrons. The van der Waals surface area contributed by atoms with Gasteiger partial charge in [-0.25, -0.2) is 4.98 Å². The highest BCUT2D eigenvalue weighted by atomic mass is 35.5. The minimum atomic E-state index is -0.0323. The molecule has 1 aliphatic rings. The Hall–Kier alpha value is -0.530. The van der Waals surface area contributed by atoms with Crippen LogP contribution in [-0.4, -0.2) is 33.8 Å². The number of ketones is 1. The van der Waals surface area contributed by atoms with Crippen LogP contribution in [0.1, 0.15) is 34.6 Å². The van der Waals surface area contributed by atoms with Gasteiger partial charge in [0.25, 0.3) is 0 Å². The van der Waals surface area contributed by atoms with Gasteiger partial charge >= 0.3 is 0 Å². The molecule has 0 aliphatic carbocycles. The molecule has 1 fully saturated rings. The van der Waals surface area contributed by atoms with E-state index in [1.54, 1.807) is 6.07 Å². The first-order valence-electron chi connectivity index (χ1n) is 7.72. The van der Waals surface area contributed by atoms with Gasteiger partial charge in [-0.2, -0.15) is 0 Å². The predicted molar refractivity (Wildman–Crippen MR) is 100 cm³/mol. The Morgan fingerprint density at radius 2 is 2.29 bits per heavy atom. The van der Waals surface area contributed by atoms with E-state index in [1.807, 2.05) is 6.92 Å². The van der Waals surface area contributed by atoms with Gasteiger partial charge in [-0.15, -0.1) is 11.3 Å². The van der Waals surface area contributed by atoms with Gasteiger partial charge < -0.3 is 9.30 Å². The smallest absolute Gasteiger partial charge is 0.175 e. The number of thioether (sulfide) groups is 1. The molecule has 1 atom stereocenters. The Morgan fingerprint density at radius 1 is 1.50 bits per heavy atom. The molecule has 0 spiro atoms. The van der Waals surface area contributed by atoms with Crippen LogP contribution in [0.15, 0.2) is 11.2 Å². The number of hydrogen-bond acceptors (Lipinski definition) is 5. The van der Waals surface area contributed by atoms with Crippen LogP contribution in [0, 0.1) is 13.8 Å². The van der Waals surface area contributed by atoms with E-state index in [-0.39, 0.29) is 17.6 Å². The molecule has 3 heterocycles. The van der Waals surface area contributed by atoms with E-state index in [4.69, 9.17) is 27.9 Å². The molecule has 0 N–H and O–H groups in total. The van der Waals surface area contributed by atoms with Gasteiger partial charge in [0.2, 0.25) is 0 Å². The summed E-state index contributed by atoms with van der Waals surface area (Å²) in [4.78, 5) is 17.0. The first-order chi connectivity index (χ1) is 11.5. The van der Waals surface area contributed by atoms with Gasteiger partial charge in [0.05, 0.1) is 28.4 Å². The zero-order chi connectivity index (χ0) is 17.3. The van der Waals surface area contributed by atoms with E-state index in [1.165, 1.54) is 23.1 Å². The summed E-state index contributed by atoms with van der Waals surface area (Å²) in [7, 11) is 0. The van der Waals surface area contributed by atoms with Crippen molar-refractivity contribution in [3.05, 3.63) is 31.7 Å². The topological polar surface area (TPSA) is 44.1 Å². The lowest BCUT2D eigenvalue weighted by Crippen LogP contribution is -2.17. The number of Topliss-reactive ketones (excluding diaryl/α,β-unsaturated/α-hetero) is 1. The molecule has 1 aliphatic heterocycles. The molecule has 3 rings (SSSR count). The second kappa shape index (κ2) is 7.79. The molecule has 1 unspecified atom stereocenters. The average Bonchev–Trinajstić information content (AvgIpc) is 3.22. The van der Waals surface area contributed by atoms with Crippen LogP contribution >= 0.6 is 46.3 Å². The predicted octanol–water partition coefficient (Wildman–Crippen LogP) is 5.02. The van der Waals surface area contributed by atoms with E-state index in [0.717, 1.165) is 42.5 Å². The number of carbonyl (C=O) groups excluding carboxylic acids is 1. The van der Waals surface area contributed by atoms with Crippen LogP contribution in [0.5, 0.6) is 0 Å². The molecule has 0 aromatic carbocycles. The Kier molecular flexibility index (Phi) is 5.93. The monoisotopic (exact) mass is 404 g/mol. The third kappa shape index (κ3) is 3.99. The number of ether oxygens (including phenoxy) is 1. The molecule has 0 saturated carbocycles. The molecule has 4 nitrogen and oxygen atoms in total. The minimum Gasteiger partial charge on any atom is -0.376 e. The number of carbonyl (C=O) groups is 1. The van der Waals surface area contributed by atoms with Crippen molar-refractivity contribution < 1.29 is 9.53 Å². The van der Waals surface area contributed by atoms with Gasteiger partial charge in [-0.1, -0.05) is 35.0 Å². The standard InChI is InChI=1S/C16H18Cl2N2O2S2/c1-9-10(2)20(7-11-4-3-5-22-11)16(19-9)23-8-13(21)12-6-14(17)24-15(12)18/h6,11H,3-5,7-8H2,1-2H3. The largest absolute Gasteiger partial charge is 0.376 e. The number of imidazole rings is 1. The summed E-state index contributed by atoms with van der Waals surface area (Å²) in [6, 6.07) is 1.63. The van der Waals surface area contributed by atoms with Gasteiger partial charge in [0.1, 0.15) is 4.34 Å². The van der Waals surface area contributed by atoms with Crippen molar-refractivity contribution in [2.45, 2.75) is 44.5 Å². The Bertz CT molecular complexity index is 752. The molecule has 8 heteroatoms. The van der Waals surface area contributed by atoms with Crippen molar-refractivity contribution in [2.75, 3.05) is 12.4 Å². The normalized spacial score (nSPS) is 17.6. The summed E-state index contributed by atoms with van der Waals surface area (Å²) in [6.45, 7) is 5.66. The fourth-order valence-corrected chi connectivity index (χ4v) is 5.16. The molecule has 2 aromatic heterocycles. The van der Waals surface area contributed by atoms with Crippen molar-refractivity contribution in [1.82, 2.24) is 9.55 Å². The number of aromatic nitrogens is 2. The first kappa shape index (κ1) is 18.3. The van der Waals surface area contributed by atoms with Gasteiger partial charge in [0, 0.05) is 17.9 Å². The Balaban J connectivity index is 1.71. The van der Waals surface area contributed by atoms with Crippen molar-refractivity contribution in [3.63, 3.8) is 0 Å². The minimum absolute atomic E-state index is 0.0323. The SMILES string of the molecule is Cc1nc(SCC(=O)c2cc(Cl)sc2Cl)n(CC2CCCO2)c1C. The van der Waals surface area contributed by atoms with Crippen LogP contribution in [0.25, 0.3) is 0 Å². The molecule has 0 bridgehead atoms. The van der Waals surface area contributed by atoms with Crippen LogP contribution < -0.4 is 0 Å². The maximum Gasteiger partial charge on any atom is 0.175 e. The van der Waals surface area contributed by atoms with E-state index in [9.17, 15) is 4.79 Å². The average molecular weight is 405 g/mol. The highest BCUT2D eigenvalue weighted by Crippen LogP contribution is 2.33. The Morgan fingerprint density at radius 3 is 2.92 bits per heavy atom. The fourth-order valence-electron chi connectivity index (χ4n) is 2.68. The first-order valence-corrected chi connectivity index (χ1v) is 10.3. The van der Waals surface area contributed by atoms with E-state index >= 15 is 0 Å². The zero-order valence-electron chi connectivity index (χ0n) is 13.5. The molecular formula is C16H18Cl2N2O2S2. The van der Waals surface area contributed by atoms with E-state index in [2.05, 4.69) is 16.5 Å².